The quantitative estimate of drug-likeness (QED) is 0.108. The maximum atomic E-state index is 13.5. The van der Waals surface area contributed by atoms with Crippen LogP contribution in [0.15, 0.2) is 39.5 Å². The number of aliphatic hydroxyl groups excluding tert-OH is 3. The molecule has 0 bridgehead atoms. The van der Waals surface area contributed by atoms with Crippen molar-refractivity contribution in [2.24, 2.45) is 0 Å². The van der Waals surface area contributed by atoms with Crippen LogP contribution in [0.25, 0.3) is 22.3 Å². The van der Waals surface area contributed by atoms with Crippen molar-refractivity contribution >= 4 is 48.1 Å². The Bertz CT molecular complexity index is 2110. The number of hydrogen-bond acceptors (Lipinski definition) is 18. The molecule has 0 amide bonds. The van der Waals surface area contributed by atoms with E-state index in [0.717, 1.165) is 25.3 Å². The molecule has 1 aromatic heterocycles. The lowest BCUT2D eigenvalue weighted by Gasteiger charge is -2.38. The molecule has 25 heteroatoms. The summed E-state index contributed by atoms with van der Waals surface area (Å²) in [5, 5.41) is 38.8. The number of ether oxygens (including phenoxy) is 3. The Morgan fingerprint density at radius 1 is 0.787 bits per heavy atom. The molecule has 0 spiro atoms. The smallest absolute Gasteiger partial charge is 0.446 e. The van der Waals surface area contributed by atoms with Crippen molar-refractivity contribution in [1.29, 1.82) is 0 Å². The van der Waals surface area contributed by atoms with Gasteiger partial charge in [0, 0.05) is 17.7 Å². The number of fused-ring (bicyclic) bond motifs is 1. The van der Waals surface area contributed by atoms with Gasteiger partial charge in [0.05, 0.1) is 7.11 Å². The summed E-state index contributed by atoms with van der Waals surface area (Å²) in [6, 6.07) is 3.87. The van der Waals surface area contributed by atoms with E-state index in [9.17, 15) is 68.9 Å². The van der Waals surface area contributed by atoms with Crippen LogP contribution >= 0.6 is 0 Å². The summed E-state index contributed by atoms with van der Waals surface area (Å²) in [5.74, 6) is -7.27. The van der Waals surface area contributed by atoms with E-state index in [1.807, 2.05) is 0 Å². The summed E-state index contributed by atoms with van der Waals surface area (Å²) in [6.45, 7) is 0. The summed E-state index contributed by atoms with van der Waals surface area (Å²) >= 11 is 0. The Morgan fingerprint density at radius 3 is 1.94 bits per heavy atom. The van der Waals surface area contributed by atoms with Crippen molar-refractivity contribution in [1.82, 2.24) is 0 Å². The zero-order chi connectivity index (χ0) is 35.2. The Morgan fingerprint density at radius 2 is 1.38 bits per heavy atom. The van der Waals surface area contributed by atoms with Crippen LogP contribution in [0, 0.1) is 0 Å². The van der Waals surface area contributed by atoms with Crippen molar-refractivity contribution in [3.8, 4) is 40.1 Å². The predicted octanol–water partition coefficient (Wildman–Crippen LogP) is -1.72. The Kier molecular flexibility index (Phi) is 9.61. The van der Waals surface area contributed by atoms with Gasteiger partial charge in [0.15, 0.2) is 29.1 Å². The fourth-order valence-electron chi connectivity index (χ4n) is 4.11. The van der Waals surface area contributed by atoms with Gasteiger partial charge < -0.3 is 51.6 Å². The molecule has 1 saturated heterocycles. The molecule has 1 aliphatic rings. The molecule has 22 nitrogen and oxygen atoms in total. The number of aliphatic hydroxyl groups is 3. The number of benzene rings is 2. The van der Waals surface area contributed by atoms with E-state index in [1.54, 1.807) is 0 Å². The molecule has 4 rings (SSSR count). The van der Waals surface area contributed by atoms with Crippen LogP contribution in [0.5, 0.6) is 28.7 Å². The normalized spacial score (nSPS) is 22.0. The summed E-state index contributed by atoms with van der Waals surface area (Å²) in [4.78, 5) is 25.0. The minimum atomic E-state index is -5.58. The van der Waals surface area contributed by atoms with E-state index in [4.69, 9.17) is 18.6 Å². The number of rotatable bonds is 11. The molecule has 258 valence electrons. The minimum absolute atomic E-state index is 0.258. The Balaban J connectivity index is 1.99. The highest BCUT2D eigenvalue weighted by atomic mass is 32.3. The first kappa shape index (κ1) is 35.5. The fraction of sp³-hybridized carbons (Fsp3) is 0.273. The topological polar surface area (TPSA) is 347 Å². The number of carboxylic acids is 1. The number of carbonyl (C=O) groups is 1. The molecule has 7 N–H and O–H groups in total. The van der Waals surface area contributed by atoms with Gasteiger partial charge in [-0.3, -0.25) is 18.5 Å². The van der Waals surface area contributed by atoms with E-state index in [-0.39, 0.29) is 5.75 Å². The molecule has 0 aliphatic carbocycles. The lowest BCUT2D eigenvalue weighted by atomic mass is 9.99. The van der Waals surface area contributed by atoms with Crippen molar-refractivity contribution in [3.63, 3.8) is 0 Å². The van der Waals surface area contributed by atoms with Crippen LogP contribution in [0.3, 0.4) is 0 Å². The van der Waals surface area contributed by atoms with Crippen LogP contribution in [-0.2, 0) is 40.7 Å². The standard InChI is InChI=1S/C22H20O22S3/c1-38-8-5-11-13(12(6-8)43-46(32,33)34)14(23)19(44-47(35,36)37)18(39-11)7-2-3-9(42-45(29,30)31)10(4-7)40-22-17(26)15(24)16(25)20(41-22)21(27)28/h2-6,15-17,20,22,24-26H,1H3,(H,27,28)(H,29,30,31)(H,32,33,34)(H,35,36,37)/t15-,16-,17+,20-,22+/m0/s1. The highest BCUT2D eigenvalue weighted by Crippen LogP contribution is 2.41. The number of carboxylic acid groups (broad SMARTS) is 1. The fourth-order valence-corrected chi connectivity index (χ4v) is 5.19. The molecule has 47 heavy (non-hydrogen) atoms. The van der Waals surface area contributed by atoms with Crippen LogP contribution in [-0.4, -0.2) is 103 Å². The van der Waals surface area contributed by atoms with E-state index in [2.05, 4.69) is 12.5 Å². The molecular formula is C22H20O22S3. The number of methoxy groups -OCH3 is 1. The molecule has 0 radical (unpaired) electrons. The highest BCUT2D eigenvalue weighted by Gasteiger charge is 2.48. The molecule has 1 fully saturated rings. The van der Waals surface area contributed by atoms with Gasteiger partial charge >= 0.3 is 37.2 Å². The molecule has 0 unspecified atom stereocenters. The molecular weight excluding hydrogens is 712 g/mol. The first-order valence-electron chi connectivity index (χ1n) is 12.0. The lowest BCUT2D eigenvalue weighted by Crippen LogP contribution is -2.61. The first-order chi connectivity index (χ1) is 21.6. The van der Waals surface area contributed by atoms with E-state index >= 15 is 0 Å². The summed E-state index contributed by atoms with van der Waals surface area (Å²) in [5.41, 5.74) is -2.74. The second-order valence-corrected chi connectivity index (χ2v) is 12.2. The van der Waals surface area contributed by atoms with Crippen LogP contribution in [0.1, 0.15) is 0 Å². The van der Waals surface area contributed by atoms with Crippen molar-refractivity contribution in [2.75, 3.05) is 7.11 Å². The average molecular weight is 733 g/mol. The maximum Gasteiger partial charge on any atom is 0.446 e. The van der Waals surface area contributed by atoms with Crippen LogP contribution in [0.2, 0.25) is 0 Å². The van der Waals surface area contributed by atoms with Gasteiger partial charge in [-0.1, -0.05) is 0 Å². The molecule has 5 atom stereocenters. The third kappa shape index (κ3) is 8.16. The van der Waals surface area contributed by atoms with E-state index < -0.39 is 119 Å². The number of aliphatic carboxylic acids is 1. The third-order valence-electron chi connectivity index (χ3n) is 5.97. The number of hydrogen-bond donors (Lipinski definition) is 7. The SMILES string of the molecule is COc1cc(OS(=O)(=O)O)c2c(=O)c(OS(=O)(=O)O)c(-c3ccc(OS(=O)(=O)O)c(O[C@@H]4O[C@H](C(=O)O)[C@@H](O)[C@H](O)[C@H]4O)c3)oc2c1. The average Bonchev–Trinajstić information content (AvgIpc) is 2.92. The van der Waals surface area contributed by atoms with Crippen LogP contribution in [0.4, 0.5) is 0 Å². The molecule has 2 aromatic carbocycles. The summed E-state index contributed by atoms with van der Waals surface area (Å²) < 4.78 is 131. The Labute approximate surface area is 261 Å². The van der Waals surface area contributed by atoms with Crippen LogP contribution < -0.4 is 27.5 Å². The van der Waals surface area contributed by atoms with Crippen molar-refractivity contribution in [2.45, 2.75) is 30.7 Å². The lowest BCUT2D eigenvalue weighted by molar-refractivity contribution is -0.271. The van der Waals surface area contributed by atoms with E-state index in [1.165, 1.54) is 0 Å². The van der Waals surface area contributed by atoms with Crippen molar-refractivity contribution < 1.29 is 95.3 Å². The predicted molar refractivity (Wildman–Crippen MR) is 146 cm³/mol. The molecule has 0 saturated carbocycles. The third-order valence-corrected chi connectivity index (χ3v) is 7.13. The van der Waals surface area contributed by atoms with Crippen molar-refractivity contribution in [3.05, 3.63) is 40.6 Å². The molecule has 3 aromatic rings. The maximum absolute atomic E-state index is 13.5. The van der Waals surface area contributed by atoms with Gasteiger partial charge in [0.1, 0.15) is 35.0 Å². The summed E-state index contributed by atoms with van der Waals surface area (Å²) in [6.07, 6.45) is -11.1. The highest BCUT2D eigenvalue weighted by molar-refractivity contribution is 7.81. The first-order valence-corrected chi connectivity index (χ1v) is 16.1. The van der Waals surface area contributed by atoms with Gasteiger partial charge in [-0.05, 0) is 18.2 Å². The van der Waals surface area contributed by atoms with Gasteiger partial charge in [0.2, 0.25) is 17.5 Å². The van der Waals surface area contributed by atoms with Gasteiger partial charge in [-0.15, -0.1) is 0 Å². The largest absolute Gasteiger partial charge is 0.496 e. The monoisotopic (exact) mass is 732 g/mol. The summed E-state index contributed by atoms with van der Waals surface area (Å²) in [7, 11) is -15.2. The van der Waals surface area contributed by atoms with Gasteiger partial charge in [-0.25, -0.2) is 4.79 Å². The zero-order valence-electron chi connectivity index (χ0n) is 22.8. The second-order valence-electron chi connectivity index (χ2n) is 9.14. The molecule has 1 aliphatic heterocycles. The van der Waals surface area contributed by atoms with Gasteiger partial charge in [-0.2, -0.15) is 25.3 Å². The molecule has 2 heterocycles. The zero-order valence-corrected chi connectivity index (χ0v) is 25.2. The van der Waals surface area contributed by atoms with Gasteiger partial charge in [0.25, 0.3) is 0 Å². The second kappa shape index (κ2) is 12.7. The van der Waals surface area contributed by atoms with E-state index in [0.29, 0.717) is 12.1 Å². The Hall–Kier alpha value is -4.31. The minimum Gasteiger partial charge on any atom is -0.496 e.